The predicted octanol–water partition coefficient (Wildman–Crippen LogP) is 2.08. The van der Waals surface area contributed by atoms with Crippen LogP contribution in [0.15, 0.2) is 10.9 Å². The molecule has 7 heteroatoms. The third kappa shape index (κ3) is 4.51. The number of nitrogens with zero attached hydrogens (tertiary/aromatic N) is 2. The second-order valence-corrected chi connectivity index (χ2v) is 8.10. The van der Waals surface area contributed by atoms with Crippen LogP contribution < -0.4 is 16.2 Å². The van der Waals surface area contributed by atoms with Gasteiger partial charge in [0, 0.05) is 25.3 Å². The summed E-state index contributed by atoms with van der Waals surface area (Å²) in [6.45, 7) is 1.38. The summed E-state index contributed by atoms with van der Waals surface area (Å²) in [5.74, 6) is 0. The summed E-state index contributed by atoms with van der Waals surface area (Å²) in [6.07, 6.45) is 10.1. The third-order valence-corrected chi connectivity index (χ3v) is 6.12. The molecule has 1 aliphatic heterocycles. The van der Waals surface area contributed by atoms with Gasteiger partial charge in [-0.3, -0.25) is 4.79 Å². The number of hydrogen-bond acceptors (Lipinski definition) is 4. The van der Waals surface area contributed by atoms with Gasteiger partial charge in [-0.1, -0.05) is 0 Å². The van der Waals surface area contributed by atoms with Crippen molar-refractivity contribution in [2.24, 2.45) is 0 Å². The highest BCUT2D eigenvalue weighted by Gasteiger charge is 2.26. The van der Waals surface area contributed by atoms with E-state index in [-0.39, 0.29) is 29.8 Å². The van der Waals surface area contributed by atoms with Crippen molar-refractivity contribution in [2.75, 3.05) is 13.2 Å². The summed E-state index contributed by atoms with van der Waals surface area (Å²) in [5, 5.41) is 10.7. The lowest BCUT2D eigenvalue weighted by Crippen LogP contribution is -2.46. The molecule has 1 aromatic heterocycles. The molecule has 148 valence electrons. The van der Waals surface area contributed by atoms with Crippen LogP contribution >= 0.6 is 0 Å². The van der Waals surface area contributed by atoms with E-state index in [0.29, 0.717) is 6.54 Å². The quantitative estimate of drug-likeness (QED) is 0.845. The van der Waals surface area contributed by atoms with Crippen LogP contribution in [0.2, 0.25) is 0 Å². The minimum absolute atomic E-state index is 0.0290. The highest BCUT2D eigenvalue weighted by Crippen LogP contribution is 2.28. The standard InChI is InChI=1S/C20H30N4O3/c25-19-12-14-4-1-2-6-18(14)23-24(19)16-9-7-15(8-10-16)22-20(26)21-13-17-5-3-11-27-17/h12,15-17H,1-11,13H2,(H2,21,22,26). The monoisotopic (exact) mass is 374 g/mol. The molecule has 0 radical (unpaired) electrons. The number of nitrogens with one attached hydrogen (secondary N) is 2. The Balaban J connectivity index is 1.27. The smallest absolute Gasteiger partial charge is 0.315 e. The van der Waals surface area contributed by atoms with Gasteiger partial charge < -0.3 is 15.4 Å². The van der Waals surface area contributed by atoms with Crippen LogP contribution in [0.5, 0.6) is 0 Å². The Labute approximate surface area is 159 Å². The molecule has 4 rings (SSSR count). The van der Waals surface area contributed by atoms with Crippen molar-refractivity contribution in [3.8, 4) is 0 Å². The number of amides is 2. The fourth-order valence-corrected chi connectivity index (χ4v) is 4.55. The Morgan fingerprint density at radius 2 is 1.96 bits per heavy atom. The first-order valence-electron chi connectivity index (χ1n) is 10.5. The lowest BCUT2D eigenvalue weighted by atomic mass is 9.91. The van der Waals surface area contributed by atoms with Crippen molar-refractivity contribution in [3.05, 3.63) is 27.7 Å². The molecule has 0 spiro atoms. The van der Waals surface area contributed by atoms with E-state index < -0.39 is 0 Å². The van der Waals surface area contributed by atoms with Crippen LogP contribution in [0.1, 0.15) is 68.7 Å². The van der Waals surface area contributed by atoms with Crippen LogP contribution in [-0.2, 0) is 17.6 Å². The number of carbonyl (C=O) groups is 1. The molecule has 7 nitrogen and oxygen atoms in total. The minimum atomic E-state index is -0.113. The first kappa shape index (κ1) is 18.5. The molecule has 0 aromatic carbocycles. The number of hydrogen-bond donors (Lipinski definition) is 2. The maximum absolute atomic E-state index is 12.5. The summed E-state index contributed by atoms with van der Waals surface area (Å²) in [5.41, 5.74) is 2.27. The molecule has 0 bridgehead atoms. The van der Waals surface area contributed by atoms with Crippen molar-refractivity contribution in [1.29, 1.82) is 0 Å². The second kappa shape index (κ2) is 8.42. The average Bonchev–Trinajstić information content (AvgIpc) is 3.20. The van der Waals surface area contributed by atoms with Crippen LogP contribution in [-0.4, -0.2) is 41.1 Å². The molecular weight excluding hydrogens is 344 g/mol. The number of rotatable bonds is 4. The van der Waals surface area contributed by atoms with Crippen LogP contribution in [0.25, 0.3) is 0 Å². The highest BCUT2D eigenvalue weighted by molar-refractivity contribution is 5.74. The molecule has 2 heterocycles. The minimum Gasteiger partial charge on any atom is -0.376 e. The zero-order chi connectivity index (χ0) is 18.6. The number of aromatic nitrogens is 2. The van der Waals surface area contributed by atoms with Gasteiger partial charge in [0.15, 0.2) is 0 Å². The molecule has 2 N–H and O–H groups in total. The summed E-state index contributed by atoms with van der Waals surface area (Å²) in [6, 6.07) is 2.00. The Kier molecular flexibility index (Phi) is 5.76. The van der Waals surface area contributed by atoms with E-state index in [1.807, 2.05) is 0 Å². The second-order valence-electron chi connectivity index (χ2n) is 8.10. The van der Waals surface area contributed by atoms with E-state index in [1.165, 1.54) is 0 Å². The number of aryl methyl sites for hydroxylation is 2. The SMILES string of the molecule is O=C(NCC1CCCO1)NC1CCC(n2nc3c(cc2=O)CCCC3)CC1. The molecule has 1 unspecified atom stereocenters. The van der Waals surface area contributed by atoms with Gasteiger partial charge in [-0.15, -0.1) is 0 Å². The Bertz CT molecular complexity index is 718. The number of urea groups is 1. The van der Waals surface area contributed by atoms with E-state index in [9.17, 15) is 9.59 Å². The molecule has 1 saturated heterocycles. The average molecular weight is 374 g/mol. The molecule has 1 aromatic rings. The Morgan fingerprint density at radius 1 is 1.15 bits per heavy atom. The van der Waals surface area contributed by atoms with Crippen LogP contribution in [0, 0.1) is 0 Å². The molecule has 3 aliphatic rings. The van der Waals surface area contributed by atoms with E-state index in [4.69, 9.17) is 4.74 Å². The van der Waals surface area contributed by atoms with Crippen molar-refractivity contribution >= 4 is 6.03 Å². The van der Waals surface area contributed by atoms with Gasteiger partial charge in [-0.25, -0.2) is 9.48 Å². The van der Waals surface area contributed by atoms with Crippen molar-refractivity contribution in [1.82, 2.24) is 20.4 Å². The summed E-state index contributed by atoms with van der Waals surface area (Å²) in [4.78, 5) is 24.6. The summed E-state index contributed by atoms with van der Waals surface area (Å²) in [7, 11) is 0. The number of carbonyl (C=O) groups excluding carboxylic acids is 1. The molecule has 2 amide bonds. The van der Waals surface area contributed by atoms with E-state index in [1.54, 1.807) is 10.7 Å². The van der Waals surface area contributed by atoms with Crippen molar-refractivity contribution < 1.29 is 9.53 Å². The molecule has 2 aliphatic carbocycles. The van der Waals surface area contributed by atoms with Crippen LogP contribution in [0.4, 0.5) is 4.79 Å². The van der Waals surface area contributed by atoms with Gasteiger partial charge in [0.05, 0.1) is 17.8 Å². The molecule has 1 atom stereocenters. The van der Waals surface area contributed by atoms with Gasteiger partial charge >= 0.3 is 6.03 Å². The largest absolute Gasteiger partial charge is 0.376 e. The first-order chi connectivity index (χ1) is 13.2. The molecule has 2 fully saturated rings. The van der Waals surface area contributed by atoms with Gasteiger partial charge in [-0.2, -0.15) is 5.10 Å². The fourth-order valence-electron chi connectivity index (χ4n) is 4.55. The summed E-state index contributed by atoms with van der Waals surface area (Å²) < 4.78 is 7.23. The normalized spacial score (nSPS) is 27.8. The molecule has 1 saturated carbocycles. The highest BCUT2D eigenvalue weighted by atomic mass is 16.5. The summed E-state index contributed by atoms with van der Waals surface area (Å²) >= 11 is 0. The van der Waals surface area contributed by atoms with Crippen molar-refractivity contribution in [3.63, 3.8) is 0 Å². The Hall–Kier alpha value is -1.89. The van der Waals surface area contributed by atoms with E-state index in [2.05, 4.69) is 15.7 Å². The third-order valence-electron chi connectivity index (χ3n) is 6.12. The lowest BCUT2D eigenvalue weighted by molar-refractivity contribution is 0.111. The van der Waals surface area contributed by atoms with Gasteiger partial charge in [0.1, 0.15) is 0 Å². The fraction of sp³-hybridized carbons (Fsp3) is 0.750. The predicted molar refractivity (Wildman–Crippen MR) is 102 cm³/mol. The van der Waals surface area contributed by atoms with E-state index in [0.717, 1.165) is 82.1 Å². The van der Waals surface area contributed by atoms with Gasteiger partial charge in [-0.05, 0) is 69.8 Å². The lowest BCUT2D eigenvalue weighted by Gasteiger charge is -2.30. The van der Waals surface area contributed by atoms with Crippen molar-refractivity contribution in [2.45, 2.75) is 82.4 Å². The van der Waals surface area contributed by atoms with Crippen LogP contribution in [0.3, 0.4) is 0 Å². The zero-order valence-corrected chi connectivity index (χ0v) is 15.9. The Morgan fingerprint density at radius 3 is 2.74 bits per heavy atom. The number of fused-ring (bicyclic) bond motifs is 1. The number of ether oxygens (including phenoxy) is 1. The van der Waals surface area contributed by atoms with E-state index >= 15 is 0 Å². The maximum Gasteiger partial charge on any atom is 0.315 e. The first-order valence-corrected chi connectivity index (χ1v) is 10.5. The van der Waals surface area contributed by atoms with Gasteiger partial charge in [0.25, 0.3) is 5.56 Å². The zero-order valence-electron chi connectivity index (χ0n) is 15.9. The molecular formula is C20H30N4O3. The molecule has 27 heavy (non-hydrogen) atoms. The topological polar surface area (TPSA) is 85.2 Å². The maximum atomic E-state index is 12.5. The van der Waals surface area contributed by atoms with Gasteiger partial charge in [0.2, 0.25) is 0 Å².